The number of hydrogen-bond donors (Lipinski definition) is 1. The quantitative estimate of drug-likeness (QED) is 0.828. The predicted molar refractivity (Wildman–Crippen MR) is 105 cm³/mol. The van der Waals surface area contributed by atoms with E-state index < -0.39 is 33.9 Å². The first-order valence-electron chi connectivity index (χ1n) is 8.86. The number of sulfonamides is 1. The Bertz CT molecular complexity index is 991. The van der Waals surface area contributed by atoms with Gasteiger partial charge in [0.1, 0.15) is 23.7 Å². The normalized spacial score (nSPS) is 17.9. The lowest BCUT2D eigenvalue weighted by Gasteiger charge is -2.38. The summed E-state index contributed by atoms with van der Waals surface area (Å²) >= 11 is 0. The van der Waals surface area contributed by atoms with Gasteiger partial charge >= 0.3 is 0 Å². The van der Waals surface area contributed by atoms with Crippen LogP contribution in [0.1, 0.15) is 31.9 Å². The number of anilines is 1. The van der Waals surface area contributed by atoms with Gasteiger partial charge in [0.25, 0.3) is 0 Å². The maximum atomic E-state index is 14.1. The van der Waals surface area contributed by atoms with E-state index in [2.05, 4.69) is 5.32 Å². The number of para-hydroxylation sites is 2. The van der Waals surface area contributed by atoms with Gasteiger partial charge in [-0.15, -0.1) is 0 Å². The van der Waals surface area contributed by atoms with Crippen molar-refractivity contribution in [3.8, 4) is 5.75 Å². The lowest BCUT2D eigenvalue weighted by Crippen LogP contribution is -2.45. The molecule has 0 saturated heterocycles. The monoisotopic (exact) mass is 406 g/mol. The molecule has 1 aliphatic rings. The Balaban J connectivity index is 1.83. The van der Waals surface area contributed by atoms with Gasteiger partial charge in [-0.3, -0.25) is 9.10 Å². The largest absolute Gasteiger partial charge is 0.487 e. The molecule has 0 spiro atoms. The molecule has 150 valence electrons. The van der Waals surface area contributed by atoms with Crippen LogP contribution in [-0.4, -0.2) is 32.7 Å². The minimum absolute atomic E-state index is 0.159. The average Bonchev–Trinajstić information content (AvgIpc) is 2.58. The summed E-state index contributed by atoms with van der Waals surface area (Å²) in [7, 11) is -3.85. The highest BCUT2D eigenvalue weighted by atomic mass is 32.2. The molecule has 0 fully saturated rings. The molecule has 0 unspecified atom stereocenters. The summed E-state index contributed by atoms with van der Waals surface area (Å²) in [5, 5.41) is 2.87. The molecule has 6 nitrogen and oxygen atoms in total. The molecule has 3 rings (SSSR count). The minimum Gasteiger partial charge on any atom is -0.487 e. The van der Waals surface area contributed by atoms with E-state index in [0.29, 0.717) is 12.2 Å². The topological polar surface area (TPSA) is 75.7 Å². The molecule has 1 aliphatic heterocycles. The van der Waals surface area contributed by atoms with Gasteiger partial charge in [0.05, 0.1) is 18.0 Å². The van der Waals surface area contributed by atoms with E-state index in [1.807, 2.05) is 38.1 Å². The van der Waals surface area contributed by atoms with E-state index in [0.717, 1.165) is 22.2 Å². The van der Waals surface area contributed by atoms with Crippen LogP contribution in [0.4, 0.5) is 10.1 Å². The second-order valence-electron chi connectivity index (χ2n) is 7.44. The van der Waals surface area contributed by atoms with E-state index in [9.17, 15) is 17.6 Å². The Morgan fingerprint density at radius 3 is 2.54 bits per heavy atom. The summed E-state index contributed by atoms with van der Waals surface area (Å²) < 4.78 is 45.2. The molecule has 8 heteroatoms. The Morgan fingerprint density at radius 2 is 1.86 bits per heavy atom. The summed E-state index contributed by atoms with van der Waals surface area (Å²) in [5.74, 6) is -0.553. The van der Waals surface area contributed by atoms with Crippen molar-refractivity contribution >= 4 is 21.6 Å². The third kappa shape index (κ3) is 4.44. The third-order valence-electron chi connectivity index (χ3n) is 4.52. The number of carbonyl (C=O) groups is 1. The smallest absolute Gasteiger partial charge is 0.241 e. The maximum Gasteiger partial charge on any atom is 0.241 e. The van der Waals surface area contributed by atoms with E-state index in [4.69, 9.17) is 4.74 Å². The molecular formula is C20H23FN2O4S. The zero-order valence-electron chi connectivity index (χ0n) is 16.0. The van der Waals surface area contributed by atoms with Crippen LogP contribution in [-0.2, 0) is 14.8 Å². The molecular weight excluding hydrogens is 383 g/mol. The van der Waals surface area contributed by atoms with Crippen molar-refractivity contribution in [3.05, 3.63) is 59.9 Å². The summed E-state index contributed by atoms with van der Waals surface area (Å²) in [6.07, 6.45) is 1.47. The van der Waals surface area contributed by atoms with Crippen LogP contribution in [0, 0.1) is 5.82 Å². The number of hydrogen-bond acceptors (Lipinski definition) is 4. The van der Waals surface area contributed by atoms with Crippen LogP contribution in [0.5, 0.6) is 5.75 Å². The first-order chi connectivity index (χ1) is 13.1. The van der Waals surface area contributed by atoms with Gasteiger partial charge in [0.2, 0.25) is 15.9 Å². The zero-order chi connectivity index (χ0) is 20.5. The van der Waals surface area contributed by atoms with E-state index in [-0.39, 0.29) is 11.7 Å². The van der Waals surface area contributed by atoms with E-state index in [1.54, 1.807) is 0 Å². The van der Waals surface area contributed by atoms with Crippen LogP contribution in [0.15, 0.2) is 48.5 Å². The van der Waals surface area contributed by atoms with Gasteiger partial charge in [0.15, 0.2) is 0 Å². The molecule has 2 aromatic rings. The van der Waals surface area contributed by atoms with Crippen molar-refractivity contribution in [3.63, 3.8) is 0 Å². The predicted octanol–water partition coefficient (Wildman–Crippen LogP) is 3.01. The van der Waals surface area contributed by atoms with Crippen molar-refractivity contribution in [1.82, 2.24) is 5.32 Å². The Hall–Kier alpha value is -2.61. The van der Waals surface area contributed by atoms with Gasteiger partial charge in [0, 0.05) is 12.0 Å². The number of carbonyl (C=O) groups excluding carboxylic acids is 1. The molecule has 1 atom stereocenters. The van der Waals surface area contributed by atoms with Gasteiger partial charge in [-0.1, -0.05) is 30.3 Å². The molecule has 1 heterocycles. The Morgan fingerprint density at radius 1 is 1.21 bits per heavy atom. The fourth-order valence-electron chi connectivity index (χ4n) is 3.34. The molecule has 1 N–H and O–H groups in total. The molecule has 0 aromatic heterocycles. The number of nitrogens with zero attached hydrogens (tertiary/aromatic N) is 1. The van der Waals surface area contributed by atoms with Crippen LogP contribution in [0.2, 0.25) is 0 Å². The highest BCUT2D eigenvalue weighted by Gasteiger charge is 2.35. The first-order valence-corrected chi connectivity index (χ1v) is 10.7. The second kappa shape index (κ2) is 7.43. The van der Waals surface area contributed by atoms with Gasteiger partial charge in [-0.05, 0) is 32.0 Å². The number of ether oxygens (including phenoxy) is 1. The second-order valence-corrected chi connectivity index (χ2v) is 9.35. The summed E-state index contributed by atoms with van der Waals surface area (Å²) in [6, 6.07) is 12.5. The fourth-order valence-corrected chi connectivity index (χ4v) is 4.19. The van der Waals surface area contributed by atoms with Gasteiger partial charge < -0.3 is 10.1 Å². The molecule has 28 heavy (non-hydrogen) atoms. The number of nitrogens with one attached hydrogen (secondary N) is 1. The average molecular weight is 406 g/mol. The highest BCUT2D eigenvalue weighted by molar-refractivity contribution is 7.92. The summed E-state index contributed by atoms with van der Waals surface area (Å²) in [6.45, 7) is 3.33. The number of fused-ring (bicyclic) bond motifs is 1. The fraction of sp³-hybridized carbons (Fsp3) is 0.350. The van der Waals surface area contributed by atoms with Crippen molar-refractivity contribution in [2.24, 2.45) is 0 Å². The summed E-state index contributed by atoms with van der Waals surface area (Å²) in [5.41, 5.74) is 0.175. The molecule has 0 bridgehead atoms. The number of rotatable bonds is 5. The number of amides is 1. The standard InChI is InChI=1S/C20H23FN2O4S/c1-20(2)12-16(14-8-4-7-11-18(14)27-20)22-19(24)13-23(28(3,25)26)17-10-6-5-9-15(17)21/h4-11,16H,12-13H2,1-3H3,(H,22,24)/t16-/m1/s1. The minimum atomic E-state index is -3.85. The molecule has 1 amide bonds. The zero-order valence-corrected chi connectivity index (χ0v) is 16.8. The lowest BCUT2D eigenvalue weighted by atomic mass is 9.89. The Kier molecular flexibility index (Phi) is 5.34. The first kappa shape index (κ1) is 20.1. The van der Waals surface area contributed by atoms with Gasteiger partial charge in [-0.2, -0.15) is 0 Å². The van der Waals surface area contributed by atoms with Crippen LogP contribution in [0.25, 0.3) is 0 Å². The SMILES string of the molecule is CC1(C)C[C@@H](NC(=O)CN(c2ccccc2F)S(C)(=O)=O)c2ccccc2O1. The lowest BCUT2D eigenvalue weighted by molar-refractivity contribution is -0.120. The molecule has 0 aliphatic carbocycles. The third-order valence-corrected chi connectivity index (χ3v) is 5.65. The van der Waals surface area contributed by atoms with Crippen molar-refractivity contribution in [1.29, 1.82) is 0 Å². The van der Waals surface area contributed by atoms with Crippen LogP contribution < -0.4 is 14.4 Å². The molecule has 0 saturated carbocycles. The van der Waals surface area contributed by atoms with Crippen molar-refractivity contribution in [2.75, 3.05) is 17.1 Å². The van der Waals surface area contributed by atoms with Crippen LogP contribution in [0.3, 0.4) is 0 Å². The van der Waals surface area contributed by atoms with Crippen LogP contribution >= 0.6 is 0 Å². The van der Waals surface area contributed by atoms with Crippen molar-refractivity contribution in [2.45, 2.75) is 31.9 Å². The number of halogens is 1. The van der Waals surface area contributed by atoms with Gasteiger partial charge in [-0.25, -0.2) is 12.8 Å². The number of benzene rings is 2. The Labute approximate surface area is 164 Å². The highest BCUT2D eigenvalue weighted by Crippen LogP contribution is 2.39. The maximum absolute atomic E-state index is 14.1. The molecule has 0 radical (unpaired) electrons. The summed E-state index contributed by atoms with van der Waals surface area (Å²) in [4.78, 5) is 12.7. The van der Waals surface area contributed by atoms with Crippen molar-refractivity contribution < 1.29 is 22.3 Å². The molecule has 2 aromatic carbocycles. The van der Waals surface area contributed by atoms with E-state index in [1.165, 1.54) is 18.2 Å². The van der Waals surface area contributed by atoms with E-state index >= 15 is 0 Å².